The van der Waals surface area contributed by atoms with Crippen molar-refractivity contribution in [3.63, 3.8) is 0 Å². The summed E-state index contributed by atoms with van der Waals surface area (Å²) in [6, 6.07) is 10.1. The number of hydrogen-bond donors (Lipinski definition) is 2. The van der Waals surface area contributed by atoms with Crippen LogP contribution >= 0.6 is 15.9 Å². The predicted molar refractivity (Wildman–Crippen MR) is 84.1 cm³/mol. The Bertz CT molecular complexity index is 669. The molecule has 0 aliphatic carbocycles. The van der Waals surface area contributed by atoms with Crippen molar-refractivity contribution in [2.45, 2.75) is 0 Å². The lowest BCUT2D eigenvalue weighted by atomic mass is 10.2. The fourth-order valence-electron chi connectivity index (χ4n) is 1.80. The lowest BCUT2D eigenvalue weighted by Crippen LogP contribution is -2.34. The van der Waals surface area contributed by atoms with Gasteiger partial charge in [0.25, 0.3) is 11.8 Å². The molecule has 0 bridgehead atoms. The van der Waals surface area contributed by atoms with E-state index in [4.69, 9.17) is 9.15 Å². The van der Waals surface area contributed by atoms with Crippen LogP contribution in [0.3, 0.4) is 0 Å². The summed E-state index contributed by atoms with van der Waals surface area (Å²) in [6.45, 7) is 0.586. The first-order chi connectivity index (χ1) is 10.6. The van der Waals surface area contributed by atoms with Crippen LogP contribution in [0.15, 0.2) is 45.5 Å². The second-order valence-electron chi connectivity index (χ2n) is 4.32. The first kappa shape index (κ1) is 16.1. The van der Waals surface area contributed by atoms with Crippen molar-refractivity contribution in [1.29, 1.82) is 0 Å². The van der Waals surface area contributed by atoms with Crippen LogP contribution in [0.4, 0.5) is 0 Å². The molecule has 1 aromatic carbocycles. The van der Waals surface area contributed by atoms with E-state index in [1.165, 1.54) is 7.11 Å². The van der Waals surface area contributed by atoms with Crippen LogP contribution in [-0.2, 0) is 0 Å². The van der Waals surface area contributed by atoms with Gasteiger partial charge in [0.05, 0.1) is 12.7 Å². The molecule has 116 valence electrons. The Morgan fingerprint density at radius 3 is 2.41 bits per heavy atom. The molecule has 0 saturated carbocycles. The number of ether oxygens (including phenoxy) is 1. The van der Waals surface area contributed by atoms with Crippen LogP contribution in [-0.4, -0.2) is 32.0 Å². The van der Waals surface area contributed by atoms with Gasteiger partial charge in [-0.15, -0.1) is 0 Å². The predicted octanol–water partition coefficient (Wildman–Crippen LogP) is 2.21. The average molecular weight is 367 g/mol. The van der Waals surface area contributed by atoms with Crippen molar-refractivity contribution in [3.8, 4) is 5.75 Å². The highest BCUT2D eigenvalue weighted by atomic mass is 79.9. The van der Waals surface area contributed by atoms with Gasteiger partial charge in [-0.05, 0) is 40.2 Å². The maximum Gasteiger partial charge on any atom is 0.287 e. The highest BCUT2D eigenvalue weighted by molar-refractivity contribution is 9.10. The Labute approximate surface area is 136 Å². The van der Waals surface area contributed by atoms with E-state index in [1.807, 2.05) is 0 Å². The second-order valence-corrected chi connectivity index (χ2v) is 5.10. The number of furan rings is 1. The largest absolute Gasteiger partial charge is 0.496 e. The van der Waals surface area contributed by atoms with E-state index in [-0.39, 0.29) is 24.1 Å². The molecule has 0 aliphatic rings. The number of benzene rings is 1. The number of nitrogens with one attached hydrogen (secondary N) is 2. The second kappa shape index (κ2) is 7.65. The van der Waals surface area contributed by atoms with E-state index in [2.05, 4.69) is 26.6 Å². The summed E-state index contributed by atoms with van der Waals surface area (Å²) in [7, 11) is 1.51. The quantitative estimate of drug-likeness (QED) is 0.768. The first-order valence-electron chi connectivity index (χ1n) is 6.56. The van der Waals surface area contributed by atoms with Gasteiger partial charge in [0.2, 0.25) is 0 Å². The summed E-state index contributed by atoms with van der Waals surface area (Å²) < 4.78 is 10.7. The van der Waals surface area contributed by atoms with Gasteiger partial charge in [0.15, 0.2) is 10.4 Å². The van der Waals surface area contributed by atoms with Gasteiger partial charge < -0.3 is 19.8 Å². The van der Waals surface area contributed by atoms with Crippen molar-refractivity contribution in [3.05, 3.63) is 52.4 Å². The lowest BCUT2D eigenvalue weighted by Gasteiger charge is -2.09. The Morgan fingerprint density at radius 1 is 1.09 bits per heavy atom. The van der Waals surface area contributed by atoms with Crippen LogP contribution in [0.1, 0.15) is 20.9 Å². The average Bonchev–Trinajstić information content (AvgIpc) is 2.97. The molecule has 6 nitrogen and oxygen atoms in total. The summed E-state index contributed by atoms with van der Waals surface area (Å²) in [5, 5.41) is 5.36. The zero-order valence-corrected chi connectivity index (χ0v) is 13.5. The fourth-order valence-corrected chi connectivity index (χ4v) is 2.11. The summed E-state index contributed by atoms with van der Waals surface area (Å²) in [4.78, 5) is 23.7. The molecule has 0 unspecified atom stereocenters. The number of carbonyl (C=O) groups excluding carboxylic acids is 2. The molecule has 2 aromatic rings. The highest BCUT2D eigenvalue weighted by Gasteiger charge is 2.12. The Kier molecular flexibility index (Phi) is 5.60. The molecule has 7 heteroatoms. The molecule has 0 saturated heterocycles. The molecule has 2 amide bonds. The number of rotatable bonds is 6. The number of amides is 2. The normalized spacial score (nSPS) is 10.1. The summed E-state index contributed by atoms with van der Waals surface area (Å²) >= 11 is 3.13. The maximum absolute atomic E-state index is 12.0. The standard InChI is InChI=1S/C15H15BrN2O4/c1-21-11-5-3-2-4-10(11)14(19)17-8-9-18-15(20)12-6-7-13(16)22-12/h2-7H,8-9H2,1H3,(H,17,19)(H,18,20). The number of carbonyl (C=O) groups is 2. The minimum Gasteiger partial charge on any atom is -0.496 e. The lowest BCUT2D eigenvalue weighted by molar-refractivity contribution is 0.0909. The van der Waals surface area contributed by atoms with Crippen LogP contribution < -0.4 is 15.4 Å². The summed E-state index contributed by atoms with van der Waals surface area (Å²) in [5.74, 6) is 0.122. The zero-order valence-electron chi connectivity index (χ0n) is 11.9. The van der Waals surface area contributed by atoms with Gasteiger partial charge in [0, 0.05) is 13.1 Å². The molecule has 0 atom stereocenters. The molecule has 2 N–H and O–H groups in total. The number of hydrogen-bond acceptors (Lipinski definition) is 4. The van der Waals surface area contributed by atoms with Gasteiger partial charge >= 0.3 is 0 Å². The molecule has 2 rings (SSSR count). The Balaban J connectivity index is 1.79. The SMILES string of the molecule is COc1ccccc1C(=O)NCCNC(=O)c1ccc(Br)o1. The van der Waals surface area contributed by atoms with E-state index >= 15 is 0 Å². The van der Waals surface area contributed by atoms with E-state index in [1.54, 1.807) is 36.4 Å². The summed E-state index contributed by atoms with van der Waals surface area (Å²) in [5.41, 5.74) is 0.450. The van der Waals surface area contributed by atoms with Crippen LogP contribution in [0.2, 0.25) is 0 Å². The van der Waals surface area contributed by atoms with Crippen LogP contribution in [0, 0.1) is 0 Å². The van der Waals surface area contributed by atoms with Crippen molar-refractivity contribution in [2.75, 3.05) is 20.2 Å². The smallest absolute Gasteiger partial charge is 0.287 e. The third kappa shape index (κ3) is 4.11. The van der Waals surface area contributed by atoms with Crippen molar-refractivity contribution >= 4 is 27.7 Å². The first-order valence-corrected chi connectivity index (χ1v) is 7.36. The fraction of sp³-hybridized carbons (Fsp3) is 0.200. The molecule has 1 heterocycles. The third-order valence-electron chi connectivity index (χ3n) is 2.84. The molecule has 1 aromatic heterocycles. The third-order valence-corrected chi connectivity index (χ3v) is 3.27. The number of methoxy groups -OCH3 is 1. The van der Waals surface area contributed by atoms with E-state index in [9.17, 15) is 9.59 Å². The van der Waals surface area contributed by atoms with Crippen LogP contribution in [0.25, 0.3) is 0 Å². The van der Waals surface area contributed by atoms with Gasteiger partial charge in [-0.1, -0.05) is 12.1 Å². The Hall–Kier alpha value is -2.28. The van der Waals surface area contributed by atoms with E-state index in [0.29, 0.717) is 22.5 Å². The van der Waals surface area contributed by atoms with Crippen molar-refractivity contribution in [2.24, 2.45) is 0 Å². The zero-order chi connectivity index (χ0) is 15.9. The molecule has 0 spiro atoms. The highest BCUT2D eigenvalue weighted by Crippen LogP contribution is 2.16. The molecule has 0 aliphatic heterocycles. The molecule has 0 fully saturated rings. The monoisotopic (exact) mass is 366 g/mol. The number of para-hydroxylation sites is 1. The molecule has 0 radical (unpaired) electrons. The minimum absolute atomic E-state index is 0.211. The van der Waals surface area contributed by atoms with Crippen molar-refractivity contribution in [1.82, 2.24) is 10.6 Å². The minimum atomic E-state index is -0.336. The maximum atomic E-state index is 12.0. The molecular formula is C15H15BrN2O4. The van der Waals surface area contributed by atoms with Gasteiger partial charge in [0.1, 0.15) is 5.75 Å². The number of halogens is 1. The molecular weight excluding hydrogens is 352 g/mol. The van der Waals surface area contributed by atoms with E-state index in [0.717, 1.165) is 0 Å². The van der Waals surface area contributed by atoms with Crippen molar-refractivity contribution < 1.29 is 18.7 Å². The topological polar surface area (TPSA) is 80.6 Å². The summed E-state index contributed by atoms with van der Waals surface area (Å²) in [6.07, 6.45) is 0. The van der Waals surface area contributed by atoms with Gasteiger partial charge in [-0.25, -0.2) is 0 Å². The van der Waals surface area contributed by atoms with Gasteiger partial charge in [-0.3, -0.25) is 9.59 Å². The molecule has 22 heavy (non-hydrogen) atoms. The van der Waals surface area contributed by atoms with E-state index < -0.39 is 0 Å². The van der Waals surface area contributed by atoms with Crippen LogP contribution in [0.5, 0.6) is 5.75 Å². The van der Waals surface area contributed by atoms with Gasteiger partial charge in [-0.2, -0.15) is 0 Å². The Morgan fingerprint density at radius 2 is 1.77 bits per heavy atom.